The van der Waals surface area contributed by atoms with Gasteiger partial charge in [-0.05, 0) is 25.3 Å². The van der Waals surface area contributed by atoms with Gasteiger partial charge in [0.2, 0.25) is 0 Å². The molecule has 17 heavy (non-hydrogen) atoms. The maximum absolute atomic E-state index is 13.6. The van der Waals surface area contributed by atoms with Crippen LogP contribution in [0.15, 0.2) is 17.3 Å². The SMILES string of the molecule is O/N=C1/CC2(CCC2)Oc2c(F)cc(F)cc21. The Kier molecular flexibility index (Phi) is 2.11. The third-order valence-electron chi connectivity index (χ3n) is 3.51. The van der Waals surface area contributed by atoms with E-state index in [9.17, 15) is 8.78 Å². The Balaban J connectivity index is 2.14. The molecular formula is C12H11F2NO2. The molecule has 3 rings (SSSR count). The first-order valence-electron chi connectivity index (χ1n) is 5.53. The molecule has 1 N–H and O–H groups in total. The Labute approximate surface area is 96.7 Å². The number of hydrogen-bond donors (Lipinski definition) is 1. The van der Waals surface area contributed by atoms with Gasteiger partial charge in [-0.2, -0.15) is 0 Å². The summed E-state index contributed by atoms with van der Waals surface area (Å²) in [5.74, 6) is -1.44. The molecule has 2 aliphatic rings. The predicted molar refractivity (Wildman–Crippen MR) is 56.5 cm³/mol. The number of oxime groups is 1. The third kappa shape index (κ3) is 1.49. The van der Waals surface area contributed by atoms with E-state index in [1.165, 1.54) is 0 Å². The number of fused-ring (bicyclic) bond motifs is 1. The van der Waals surface area contributed by atoms with E-state index in [0.717, 1.165) is 31.4 Å². The molecule has 0 radical (unpaired) electrons. The second-order valence-corrected chi connectivity index (χ2v) is 4.63. The van der Waals surface area contributed by atoms with E-state index in [-0.39, 0.29) is 11.3 Å². The highest BCUT2D eigenvalue weighted by Gasteiger charge is 2.45. The molecule has 0 atom stereocenters. The van der Waals surface area contributed by atoms with Gasteiger partial charge in [-0.15, -0.1) is 0 Å². The number of halogens is 2. The molecule has 0 saturated heterocycles. The van der Waals surface area contributed by atoms with Crippen LogP contribution in [-0.2, 0) is 0 Å². The molecule has 0 bridgehead atoms. The number of benzene rings is 1. The Morgan fingerprint density at radius 3 is 2.65 bits per heavy atom. The van der Waals surface area contributed by atoms with E-state index in [0.29, 0.717) is 12.1 Å². The molecule has 0 amide bonds. The van der Waals surface area contributed by atoms with Crippen LogP contribution in [0, 0.1) is 11.6 Å². The normalized spacial score (nSPS) is 23.1. The summed E-state index contributed by atoms with van der Waals surface area (Å²) in [6.45, 7) is 0. The van der Waals surface area contributed by atoms with Gasteiger partial charge in [0.1, 0.15) is 11.4 Å². The minimum absolute atomic E-state index is 0.00477. The van der Waals surface area contributed by atoms with Crippen LogP contribution in [-0.4, -0.2) is 16.5 Å². The molecule has 1 aliphatic heterocycles. The zero-order valence-corrected chi connectivity index (χ0v) is 9.04. The van der Waals surface area contributed by atoms with Crippen LogP contribution < -0.4 is 4.74 Å². The van der Waals surface area contributed by atoms with Crippen LogP contribution in [0.25, 0.3) is 0 Å². The van der Waals surface area contributed by atoms with E-state index >= 15 is 0 Å². The minimum atomic E-state index is -0.743. The molecule has 1 aromatic carbocycles. The summed E-state index contributed by atoms with van der Waals surface area (Å²) in [4.78, 5) is 0. The van der Waals surface area contributed by atoms with Crippen molar-refractivity contribution in [1.82, 2.24) is 0 Å². The van der Waals surface area contributed by atoms with Crippen molar-refractivity contribution in [3.8, 4) is 5.75 Å². The van der Waals surface area contributed by atoms with Crippen molar-refractivity contribution in [3.63, 3.8) is 0 Å². The molecule has 90 valence electrons. The van der Waals surface area contributed by atoms with Crippen molar-refractivity contribution in [3.05, 3.63) is 29.3 Å². The molecule has 1 aromatic rings. The highest BCUT2D eigenvalue weighted by Crippen LogP contribution is 2.46. The van der Waals surface area contributed by atoms with Crippen LogP contribution >= 0.6 is 0 Å². The molecule has 1 aliphatic carbocycles. The molecule has 5 heteroatoms. The fraction of sp³-hybridized carbons (Fsp3) is 0.417. The van der Waals surface area contributed by atoms with Crippen LogP contribution in [0.3, 0.4) is 0 Å². The van der Waals surface area contributed by atoms with Gasteiger partial charge in [0.25, 0.3) is 0 Å². The lowest BCUT2D eigenvalue weighted by Crippen LogP contribution is -2.48. The predicted octanol–water partition coefficient (Wildman–Crippen LogP) is 2.85. The van der Waals surface area contributed by atoms with E-state index in [1.807, 2.05) is 0 Å². The molecular weight excluding hydrogens is 228 g/mol. The topological polar surface area (TPSA) is 41.8 Å². The number of hydrogen-bond acceptors (Lipinski definition) is 3. The van der Waals surface area contributed by atoms with Crippen LogP contribution in [0.4, 0.5) is 8.78 Å². The Hall–Kier alpha value is -1.65. The fourth-order valence-corrected chi connectivity index (χ4v) is 2.47. The largest absolute Gasteiger partial charge is 0.483 e. The van der Waals surface area contributed by atoms with Crippen molar-refractivity contribution < 1.29 is 18.7 Å². The van der Waals surface area contributed by atoms with Crippen molar-refractivity contribution in [2.75, 3.05) is 0 Å². The minimum Gasteiger partial charge on any atom is -0.483 e. The van der Waals surface area contributed by atoms with Gasteiger partial charge in [-0.3, -0.25) is 0 Å². The second kappa shape index (κ2) is 3.42. The lowest BCUT2D eigenvalue weighted by Gasteiger charge is -2.45. The number of nitrogens with zero attached hydrogens (tertiary/aromatic N) is 1. The van der Waals surface area contributed by atoms with E-state index in [4.69, 9.17) is 9.94 Å². The standard InChI is InChI=1S/C12H11F2NO2/c13-7-4-8-10(15-16)6-12(2-1-3-12)17-11(8)9(14)5-7/h4-5,16H,1-3,6H2/b15-10-. The van der Waals surface area contributed by atoms with Gasteiger partial charge >= 0.3 is 0 Å². The van der Waals surface area contributed by atoms with Crippen molar-refractivity contribution in [1.29, 1.82) is 0 Å². The van der Waals surface area contributed by atoms with Gasteiger partial charge in [0, 0.05) is 18.1 Å². The first-order chi connectivity index (χ1) is 8.13. The molecule has 1 heterocycles. The molecule has 0 aromatic heterocycles. The Morgan fingerprint density at radius 2 is 2.06 bits per heavy atom. The van der Waals surface area contributed by atoms with Gasteiger partial charge in [0.05, 0.1) is 5.71 Å². The van der Waals surface area contributed by atoms with Crippen molar-refractivity contribution >= 4 is 5.71 Å². The van der Waals surface area contributed by atoms with Gasteiger partial charge in [-0.1, -0.05) is 5.16 Å². The number of rotatable bonds is 0. The molecule has 1 spiro atoms. The average Bonchev–Trinajstić information content (AvgIpc) is 2.26. The van der Waals surface area contributed by atoms with Gasteiger partial charge < -0.3 is 9.94 Å². The maximum atomic E-state index is 13.6. The van der Waals surface area contributed by atoms with Crippen LogP contribution in [0.1, 0.15) is 31.2 Å². The highest BCUT2D eigenvalue weighted by molar-refractivity contribution is 6.04. The lowest BCUT2D eigenvalue weighted by molar-refractivity contribution is -0.00883. The molecule has 1 saturated carbocycles. The quantitative estimate of drug-likeness (QED) is 0.558. The zero-order chi connectivity index (χ0) is 12.0. The smallest absolute Gasteiger partial charge is 0.168 e. The Bertz CT molecular complexity index is 509. The monoisotopic (exact) mass is 239 g/mol. The summed E-state index contributed by atoms with van der Waals surface area (Å²) in [6, 6.07) is 1.92. The van der Waals surface area contributed by atoms with Crippen molar-refractivity contribution in [2.24, 2.45) is 5.16 Å². The molecule has 0 unspecified atom stereocenters. The zero-order valence-electron chi connectivity index (χ0n) is 9.04. The fourth-order valence-electron chi connectivity index (χ4n) is 2.47. The average molecular weight is 239 g/mol. The summed E-state index contributed by atoms with van der Waals surface area (Å²) in [6.07, 6.45) is 3.03. The lowest BCUT2D eigenvalue weighted by atomic mass is 9.74. The summed E-state index contributed by atoms with van der Waals surface area (Å²) >= 11 is 0. The number of ether oxygens (including phenoxy) is 1. The summed E-state index contributed by atoms with van der Waals surface area (Å²) in [5.41, 5.74) is 0.0552. The van der Waals surface area contributed by atoms with E-state index in [1.54, 1.807) is 0 Å². The first kappa shape index (κ1) is 10.5. The van der Waals surface area contributed by atoms with Gasteiger partial charge in [0.15, 0.2) is 11.6 Å². The maximum Gasteiger partial charge on any atom is 0.168 e. The second-order valence-electron chi connectivity index (χ2n) is 4.63. The van der Waals surface area contributed by atoms with Crippen LogP contribution in [0.5, 0.6) is 5.75 Å². The highest BCUT2D eigenvalue weighted by atomic mass is 19.1. The summed E-state index contributed by atoms with van der Waals surface area (Å²) in [7, 11) is 0. The first-order valence-corrected chi connectivity index (χ1v) is 5.53. The summed E-state index contributed by atoms with van der Waals surface area (Å²) < 4.78 is 32.4. The Morgan fingerprint density at radius 1 is 1.29 bits per heavy atom. The van der Waals surface area contributed by atoms with E-state index in [2.05, 4.69) is 5.16 Å². The van der Waals surface area contributed by atoms with Gasteiger partial charge in [-0.25, -0.2) is 8.78 Å². The molecule has 1 fully saturated rings. The third-order valence-corrected chi connectivity index (χ3v) is 3.51. The summed E-state index contributed by atoms with van der Waals surface area (Å²) in [5, 5.41) is 12.1. The van der Waals surface area contributed by atoms with Crippen LogP contribution in [0.2, 0.25) is 0 Å². The van der Waals surface area contributed by atoms with Crippen molar-refractivity contribution in [2.45, 2.75) is 31.3 Å². The van der Waals surface area contributed by atoms with E-state index < -0.39 is 17.2 Å². The molecule has 3 nitrogen and oxygen atoms in total.